The number of carboxylic acids is 1. The fourth-order valence-corrected chi connectivity index (χ4v) is 1.44. The quantitative estimate of drug-likeness (QED) is 0.651. The summed E-state index contributed by atoms with van der Waals surface area (Å²) in [5.41, 5.74) is 7.09. The molecule has 0 saturated carbocycles. The monoisotopic (exact) mass is 354 g/mol. The van der Waals surface area contributed by atoms with Gasteiger partial charge in [0.15, 0.2) is 11.0 Å². The SMILES string of the molecule is NCc1cnn(Cc2cnc(Cl)c(F)c2)c1.O=C(O)C(F)(F)F. The minimum Gasteiger partial charge on any atom is -0.475 e. The van der Waals surface area contributed by atoms with E-state index >= 15 is 0 Å². The number of nitrogens with two attached hydrogens (primary N) is 1. The van der Waals surface area contributed by atoms with Crippen LogP contribution in [-0.4, -0.2) is 32.0 Å². The van der Waals surface area contributed by atoms with Crippen molar-refractivity contribution in [1.29, 1.82) is 0 Å². The molecule has 126 valence electrons. The Morgan fingerprint density at radius 3 is 2.39 bits per heavy atom. The first-order chi connectivity index (χ1) is 10.6. The summed E-state index contributed by atoms with van der Waals surface area (Å²) in [5, 5.41) is 11.1. The fourth-order valence-electron chi connectivity index (χ4n) is 1.33. The molecule has 2 aromatic rings. The van der Waals surface area contributed by atoms with Crippen LogP contribution in [0.5, 0.6) is 0 Å². The number of alkyl halides is 3. The number of hydrogen-bond donors (Lipinski definition) is 2. The molecular weight excluding hydrogens is 344 g/mol. The predicted molar refractivity (Wildman–Crippen MR) is 72.1 cm³/mol. The summed E-state index contributed by atoms with van der Waals surface area (Å²) < 4.78 is 46.5. The lowest BCUT2D eigenvalue weighted by Gasteiger charge is -2.02. The molecule has 0 saturated heterocycles. The molecule has 2 heterocycles. The molecule has 6 nitrogen and oxygen atoms in total. The van der Waals surface area contributed by atoms with Crippen LogP contribution in [0, 0.1) is 5.82 Å². The van der Waals surface area contributed by atoms with Crippen molar-refractivity contribution in [3.05, 3.63) is 46.8 Å². The van der Waals surface area contributed by atoms with E-state index in [9.17, 15) is 17.6 Å². The topological polar surface area (TPSA) is 94.0 Å². The summed E-state index contributed by atoms with van der Waals surface area (Å²) in [6, 6.07) is 1.35. The van der Waals surface area contributed by atoms with E-state index in [2.05, 4.69) is 10.1 Å². The van der Waals surface area contributed by atoms with Gasteiger partial charge in [-0.2, -0.15) is 18.3 Å². The van der Waals surface area contributed by atoms with Crippen molar-refractivity contribution in [1.82, 2.24) is 14.8 Å². The molecular formula is C12H11ClF4N4O2. The largest absolute Gasteiger partial charge is 0.490 e. The lowest BCUT2D eigenvalue weighted by Crippen LogP contribution is -2.21. The minimum atomic E-state index is -5.08. The summed E-state index contributed by atoms with van der Waals surface area (Å²) in [4.78, 5) is 12.6. The molecule has 0 fully saturated rings. The van der Waals surface area contributed by atoms with Gasteiger partial charge in [-0.05, 0) is 11.6 Å². The number of carboxylic acid groups (broad SMARTS) is 1. The third-order valence-corrected chi connectivity index (χ3v) is 2.64. The molecule has 0 atom stereocenters. The molecule has 0 amide bonds. The van der Waals surface area contributed by atoms with E-state index in [1.165, 1.54) is 12.3 Å². The second-order valence-electron chi connectivity index (χ2n) is 4.17. The van der Waals surface area contributed by atoms with Crippen LogP contribution in [0.4, 0.5) is 17.6 Å². The molecule has 23 heavy (non-hydrogen) atoms. The van der Waals surface area contributed by atoms with Gasteiger partial charge in [-0.1, -0.05) is 11.6 Å². The van der Waals surface area contributed by atoms with Crippen LogP contribution in [0.25, 0.3) is 0 Å². The number of rotatable bonds is 3. The van der Waals surface area contributed by atoms with E-state index < -0.39 is 18.0 Å². The molecule has 0 aliphatic heterocycles. The number of carbonyl (C=O) groups is 1. The summed E-state index contributed by atoms with van der Waals surface area (Å²) in [6.45, 7) is 0.883. The Bertz CT molecular complexity index is 675. The number of nitrogens with zero attached hydrogens (tertiary/aromatic N) is 3. The van der Waals surface area contributed by atoms with Crippen molar-refractivity contribution in [2.24, 2.45) is 5.73 Å². The first-order valence-corrected chi connectivity index (χ1v) is 6.32. The van der Waals surface area contributed by atoms with Crippen LogP contribution in [0.1, 0.15) is 11.1 Å². The third-order valence-electron chi connectivity index (χ3n) is 2.36. The molecule has 2 rings (SSSR count). The Morgan fingerprint density at radius 2 is 1.96 bits per heavy atom. The van der Waals surface area contributed by atoms with Gasteiger partial charge in [0.1, 0.15) is 0 Å². The molecule has 11 heteroatoms. The van der Waals surface area contributed by atoms with Gasteiger partial charge in [-0.25, -0.2) is 14.2 Å². The molecule has 0 radical (unpaired) electrons. The van der Waals surface area contributed by atoms with Crippen molar-refractivity contribution < 1.29 is 27.5 Å². The Balaban J connectivity index is 0.000000322. The van der Waals surface area contributed by atoms with Crippen LogP contribution in [0.3, 0.4) is 0 Å². The van der Waals surface area contributed by atoms with E-state index in [0.29, 0.717) is 18.7 Å². The van der Waals surface area contributed by atoms with Crippen molar-refractivity contribution in [2.45, 2.75) is 19.3 Å². The van der Waals surface area contributed by atoms with Gasteiger partial charge >= 0.3 is 12.1 Å². The predicted octanol–water partition coefficient (Wildman–Crippen LogP) is 2.21. The molecule has 0 bridgehead atoms. The first-order valence-electron chi connectivity index (χ1n) is 5.95. The Morgan fingerprint density at radius 1 is 1.35 bits per heavy atom. The highest BCUT2D eigenvalue weighted by Gasteiger charge is 2.38. The number of aromatic nitrogens is 3. The fraction of sp³-hybridized carbons (Fsp3) is 0.250. The second kappa shape index (κ2) is 7.88. The van der Waals surface area contributed by atoms with E-state index in [1.54, 1.807) is 10.9 Å². The van der Waals surface area contributed by atoms with Crippen LogP contribution in [-0.2, 0) is 17.9 Å². The number of pyridine rings is 1. The van der Waals surface area contributed by atoms with Crippen molar-refractivity contribution in [3.63, 3.8) is 0 Å². The summed E-state index contributed by atoms with van der Waals surface area (Å²) in [6.07, 6.45) is -0.0680. The highest BCUT2D eigenvalue weighted by Crippen LogP contribution is 2.13. The zero-order valence-corrected chi connectivity index (χ0v) is 12.1. The molecule has 0 unspecified atom stereocenters. The normalized spacial score (nSPS) is 10.9. The summed E-state index contributed by atoms with van der Waals surface area (Å²) >= 11 is 5.49. The van der Waals surface area contributed by atoms with Gasteiger partial charge in [0.25, 0.3) is 0 Å². The lowest BCUT2D eigenvalue weighted by molar-refractivity contribution is -0.192. The number of hydrogen-bond acceptors (Lipinski definition) is 4. The standard InChI is InChI=1S/C10H10ClFN4.C2HF3O2/c11-10-9(12)1-7(3-14-10)5-16-6-8(2-13)4-15-16;3-2(4,5)1(6)7/h1,3-4,6H,2,5,13H2;(H,6,7). The van der Waals surface area contributed by atoms with Crippen molar-refractivity contribution >= 4 is 17.6 Å². The van der Waals surface area contributed by atoms with Crippen LogP contribution < -0.4 is 5.73 Å². The van der Waals surface area contributed by atoms with Gasteiger partial charge in [0.05, 0.1) is 12.7 Å². The molecule has 0 aromatic carbocycles. The van der Waals surface area contributed by atoms with E-state index in [4.69, 9.17) is 27.2 Å². The highest BCUT2D eigenvalue weighted by atomic mass is 35.5. The van der Waals surface area contributed by atoms with Gasteiger partial charge < -0.3 is 10.8 Å². The van der Waals surface area contributed by atoms with Gasteiger partial charge in [-0.3, -0.25) is 4.68 Å². The van der Waals surface area contributed by atoms with Gasteiger partial charge in [0.2, 0.25) is 0 Å². The van der Waals surface area contributed by atoms with Crippen LogP contribution in [0.15, 0.2) is 24.7 Å². The smallest absolute Gasteiger partial charge is 0.475 e. The molecule has 3 N–H and O–H groups in total. The molecule has 2 aromatic heterocycles. The Labute approximate surface area is 132 Å². The first kappa shape index (κ1) is 18.8. The summed E-state index contributed by atoms with van der Waals surface area (Å²) in [7, 11) is 0. The molecule has 0 aliphatic carbocycles. The number of halogens is 5. The maximum Gasteiger partial charge on any atom is 0.490 e. The minimum absolute atomic E-state index is 0.119. The molecule has 0 spiro atoms. The Hall–Kier alpha value is -2.20. The zero-order chi connectivity index (χ0) is 17.6. The van der Waals surface area contributed by atoms with Crippen molar-refractivity contribution in [3.8, 4) is 0 Å². The summed E-state index contributed by atoms with van der Waals surface area (Å²) in [5.74, 6) is -3.28. The van der Waals surface area contributed by atoms with Crippen LogP contribution in [0.2, 0.25) is 5.15 Å². The number of aliphatic carboxylic acids is 1. The van der Waals surface area contributed by atoms with Crippen molar-refractivity contribution in [2.75, 3.05) is 0 Å². The van der Waals surface area contributed by atoms with E-state index in [-0.39, 0.29) is 5.15 Å². The molecule has 0 aliphatic rings. The van der Waals surface area contributed by atoms with Gasteiger partial charge in [0, 0.05) is 24.5 Å². The lowest BCUT2D eigenvalue weighted by atomic mass is 10.3. The highest BCUT2D eigenvalue weighted by molar-refractivity contribution is 6.29. The zero-order valence-electron chi connectivity index (χ0n) is 11.4. The third kappa shape index (κ3) is 6.20. The average molecular weight is 355 g/mol. The maximum atomic E-state index is 13.1. The van der Waals surface area contributed by atoms with E-state index in [0.717, 1.165) is 5.56 Å². The van der Waals surface area contributed by atoms with Crippen LogP contribution >= 0.6 is 11.6 Å². The maximum absolute atomic E-state index is 13.1. The second-order valence-corrected chi connectivity index (χ2v) is 4.53. The Kier molecular flexibility index (Phi) is 6.46. The van der Waals surface area contributed by atoms with E-state index in [1.807, 2.05) is 6.20 Å². The average Bonchev–Trinajstić information content (AvgIpc) is 2.90. The van der Waals surface area contributed by atoms with Gasteiger partial charge in [-0.15, -0.1) is 0 Å².